The zero-order chi connectivity index (χ0) is 17.6. The molecule has 0 heterocycles. The van der Waals surface area contributed by atoms with Crippen molar-refractivity contribution in [1.29, 1.82) is 0 Å². The standard InChI is InChI=1S/C19H40O4/c1-7-8-9-10-11-12-14-18(15-13-16-23-17(2)3)19(20-4,21-5)22-6/h17-18H,7-16H2,1-6H3. The molecule has 0 saturated carbocycles. The van der Waals surface area contributed by atoms with Gasteiger partial charge >= 0.3 is 0 Å². The van der Waals surface area contributed by atoms with Crippen LogP contribution in [0.3, 0.4) is 0 Å². The second kappa shape index (κ2) is 14.2. The molecule has 0 fully saturated rings. The summed E-state index contributed by atoms with van der Waals surface area (Å²) in [7, 11) is 4.98. The van der Waals surface area contributed by atoms with E-state index in [1.807, 2.05) is 0 Å². The van der Waals surface area contributed by atoms with E-state index < -0.39 is 5.97 Å². The summed E-state index contributed by atoms with van der Waals surface area (Å²) in [5.74, 6) is -0.703. The van der Waals surface area contributed by atoms with Crippen molar-refractivity contribution in [2.45, 2.75) is 90.6 Å². The first kappa shape index (κ1) is 22.8. The Hall–Kier alpha value is -0.160. The molecular formula is C19H40O4. The Morgan fingerprint density at radius 1 is 0.739 bits per heavy atom. The molecule has 0 N–H and O–H groups in total. The Balaban J connectivity index is 4.36. The topological polar surface area (TPSA) is 36.9 Å². The van der Waals surface area contributed by atoms with Gasteiger partial charge in [-0.25, -0.2) is 0 Å². The maximum absolute atomic E-state index is 5.65. The lowest BCUT2D eigenvalue weighted by Gasteiger charge is -2.36. The third-order valence-electron chi connectivity index (χ3n) is 4.41. The number of unbranched alkanes of at least 4 members (excludes halogenated alkanes) is 5. The van der Waals surface area contributed by atoms with E-state index in [-0.39, 0.29) is 12.0 Å². The van der Waals surface area contributed by atoms with Crippen LogP contribution in [-0.4, -0.2) is 40.0 Å². The molecule has 0 aliphatic heterocycles. The summed E-state index contributed by atoms with van der Waals surface area (Å²) < 4.78 is 22.4. The van der Waals surface area contributed by atoms with Crippen molar-refractivity contribution in [1.82, 2.24) is 0 Å². The molecule has 0 aromatic carbocycles. The fourth-order valence-corrected chi connectivity index (χ4v) is 3.07. The molecule has 0 rings (SSSR count). The summed E-state index contributed by atoms with van der Waals surface area (Å²) in [6.07, 6.45) is 11.1. The molecule has 1 unspecified atom stereocenters. The zero-order valence-electron chi connectivity index (χ0n) is 16.4. The monoisotopic (exact) mass is 332 g/mol. The highest BCUT2D eigenvalue weighted by Gasteiger charge is 2.39. The minimum atomic E-state index is -0.929. The lowest BCUT2D eigenvalue weighted by molar-refractivity contribution is -0.380. The van der Waals surface area contributed by atoms with E-state index in [2.05, 4.69) is 20.8 Å². The maximum atomic E-state index is 5.65. The van der Waals surface area contributed by atoms with Gasteiger partial charge in [-0.1, -0.05) is 45.4 Å². The summed E-state index contributed by atoms with van der Waals surface area (Å²) in [6.45, 7) is 7.16. The van der Waals surface area contributed by atoms with Crippen LogP contribution < -0.4 is 0 Å². The van der Waals surface area contributed by atoms with E-state index >= 15 is 0 Å². The minimum Gasteiger partial charge on any atom is -0.379 e. The summed E-state index contributed by atoms with van der Waals surface area (Å²) in [4.78, 5) is 0. The van der Waals surface area contributed by atoms with E-state index in [0.717, 1.165) is 25.9 Å². The van der Waals surface area contributed by atoms with Gasteiger partial charge in [-0.3, -0.25) is 0 Å². The van der Waals surface area contributed by atoms with Gasteiger partial charge in [0.05, 0.1) is 6.10 Å². The van der Waals surface area contributed by atoms with E-state index in [4.69, 9.17) is 18.9 Å². The first-order valence-electron chi connectivity index (χ1n) is 9.33. The predicted octanol–water partition coefficient (Wildman–Crippen LogP) is 5.15. The second-order valence-electron chi connectivity index (χ2n) is 6.53. The molecule has 0 aliphatic rings. The smallest absolute Gasteiger partial charge is 0.285 e. The van der Waals surface area contributed by atoms with Crippen molar-refractivity contribution >= 4 is 0 Å². The van der Waals surface area contributed by atoms with Crippen LogP contribution in [0.25, 0.3) is 0 Å². The van der Waals surface area contributed by atoms with Crippen LogP contribution in [0.5, 0.6) is 0 Å². The van der Waals surface area contributed by atoms with Crippen LogP contribution in [0.4, 0.5) is 0 Å². The first-order chi connectivity index (χ1) is 11.1. The van der Waals surface area contributed by atoms with Gasteiger partial charge in [0, 0.05) is 33.9 Å². The molecule has 0 spiro atoms. The summed E-state index contributed by atoms with van der Waals surface area (Å²) >= 11 is 0. The molecular weight excluding hydrogens is 292 g/mol. The molecule has 0 aromatic rings. The fraction of sp³-hybridized carbons (Fsp3) is 1.00. The van der Waals surface area contributed by atoms with Crippen molar-refractivity contribution in [3.8, 4) is 0 Å². The van der Waals surface area contributed by atoms with Crippen molar-refractivity contribution in [3.05, 3.63) is 0 Å². The summed E-state index contributed by atoms with van der Waals surface area (Å²) in [6, 6.07) is 0. The molecule has 0 saturated heterocycles. The van der Waals surface area contributed by atoms with Gasteiger partial charge < -0.3 is 18.9 Å². The van der Waals surface area contributed by atoms with Crippen molar-refractivity contribution in [2.24, 2.45) is 5.92 Å². The second-order valence-corrected chi connectivity index (χ2v) is 6.53. The number of rotatable bonds is 16. The zero-order valence-corrected chi connectivity index (χ0v) is 16.4. The molecule has 0 bridgehead atoms. The molecule has 0 aromatic heterocycles. The number of hydrogen-bond acceptors (Lipinski definition) is 4. The number of hydrogen-bond donors (Lipinski definition) is 0. The van der Waals surface area contributed by atoms with E-state index in [1.54, 1.807) is 21.3 Å². The Kier molecular flexibility index (Phi) is 14.1. The van der Waals surface area contributed by atoms with Gasteiger partial charge in [-0.05, 0) is 33.1 Å². The van der Waals surface area contributed by atoms with Gasteiger partial charge in [0.25, 0.3) is 5.97 Å². The van der Waals surface area contributed by atoms with E-state index in [1.165, 1.54) is 38.5 Å². The SMILES string of the molecule is CCCCCCCCC(CCCOC(C)C)C(OC)(OC)OC. The van der Waals surface area contributed by atoms with Gasteiger partial charge in [-0.15, -0.1) is 0 Å². The fourth-order valence-electron chi connectivity index (χ4n) is 3.07. The Morgan fingerprint density at radius 3 is 1.78 bits per heavy atom. The predicted molar refractivity (Wildman–Crippen MR) is 95.6 cm³/mol. The molecule has 140 valence electrons. The Morgan fingerprint density at radius 2 is 1.26 bits per heavy atom. The molecule has 23 heavy (non-hydrogen) atoms. The quantitative estimate of drug-likeness (QED) is 0.289. The van der Waals surface area contributed by atoms with E-state index in [9.17, 15) is 0 Å². The van der Waals surface area contributed by atoms with Gasteiger partial charge in [0.15, 0.2) is 0 Å². The lowest BCUT2D eigenvalue weighted by atomic mass is 9.93. The summed E-state index contributed by atoms with van der Waals surface area (Å²) in [5.41, 5.74) is 0. The number of methoxy groups -OCH3 is 3. The minimum absolute atomic E-state index is 0.226. The third kappa shape index (κ3) is 9.65. The Bertz CT molecular complexity index is 243. The van der Waals surface area contributed by atoms with Crippen LogP contribution >= 0.6 is 0 Å². The molecule has 0 radical (unpaired) electrons. The Labute approximate surface area is 144 Å². The van der Waals surface area contributed by atoms with Crippen LogP contribution in [-0.2, 0) is 18.9 Å². The van der Waals surface area contributed by atoms with Crippen molar-refractivity contribution in [2.75, 3.05) is 27.9 Å². The third-order valence-corrected chi connectivity index (χ3v) is 4.41. The molecule has 0 amide bonds. The number of ether oxygens (including phenoxy) is 4. The highest BCUT2D eigenvalue weighted by molar-refractivity contribution is 4.71. The average molecular weight is 333 g/mol. The largest absolute Gasteiger partial charge is 0.379 e. The highest BCUT2D eigenvalue weighted by Crippen LogP contribution is 2.32. The van der Waals surface area contributed by atoms with Crippen LogP contribution in [0.1, 0.15) is 78.6 Å². The molecule has 4 nitrogen and oxygen atoms in total. The average Bonchev–Trinajstić information content (AvgIpc) is 2.55. The van der Waals surface area contributed by atoms with Crippen molar-refractivity contribution < 1.29 is 18.9 Å². The molecule has 0 aliphatic carbocycles. The van der Waals surface area contributed by atoms with Crippen LogP contribution in [0.2, 0.25) is 0 Å². The van der Waals surface area contributed by atoms with Crippen molar-refractivity contribution in [3.63, 3.8) is 0 Å². The molecule has 4 heteroatoms. The van der Waals surface area contributed by atoms with Gasteiger partial charge in [0.1, 0.15) is 0 Å². The normalized spacial score (nSPS) is 13.7. The van der Waals surface area contributed by atoms with Crippen LogP contribution in [0, 0.1) is 5.92 Å². The van der Waals surface area contributed by atoms with Crippen LogP contribution in [0.15, 0.2) is 0 Å². The lowest BCUT2D eigenvalue weighted by Crippen LogP contribution is -2.44. The van der Waals surface area contributed by atoms with Gasteiger partial charge in [-0.2, -0.15) is 0 Å². The highest BCUT2D eigenvalue weighted by atomic mass is 16.9. The molecule has 1 atom stereocenters. The van der Waals surface area contributed by atoms with E-state index in [0.29, 0.717) is 0 Å². The summed E-state index contributed by atoms with van der Waals surface area (Å²) in [5, 5.41) is 0. The first-order valence-corrected chi connectivity index (χ1v) is 9.33. The van der Waals surface area contributed by atoms with Gasteiger partial charge in [0.2, 0.25) is 0 Å². The maximum Gasteiger partial charge on any atom is 0.285 e.